The summed E-state index contributed by atoms with van der Waals surface area (Å²) < 4.78 is 34.3. The summed E-state index contributed by atoms with van der Waals surface area (Å²) in [5, 5.41) is 7.00. The number of carbonyl (C=O) groups excluding carboxylic acids is 2. The van der Waals surface area contributed by atoms with Crippen LogP contribution in [0, 0.1) is 0 Å². The Morgan fingerprint density at radius 3 is 2.56 bits per heavy atom. The van der Waals surface area contributed by atoms with Gasteiger partial charge in [-0.3, -0.25) is 4.79 Å². The molecule has 10 heteroatoms. The highest BCUT2D eigenvalue weighted by atomic mass is 32.2. The first kappa shape index (κ1) is 23.7. The van der Waals surface area contributed by atoms with E-state index in [1.807, 2.05) is 0 Å². The zero-order chi connectivity index (χ0) is 24.1. The van der Waals surface area contributed by atoms with Gasteiger partial charge in [0.1, 0.15) is 0 Å². The molecule has 0 saturated carbocycles. The molecule has 2 aromatic carbocycles. The van der Waals surface area contributed by atoms with E-state index in [9.17, 15) is 18.0 Å². The highest BCUT2D eigenvalue weighted by Crippen LogP contribution is 2.25. The number of hydrogen-bond donors (Lipinski definition) is 1. The number of amides is 1. The van der Waals surface area contributed by atoms with E-state index in [4.69, 9.17) is 4.74 Å². The predicted molar refractivity (Wildman–Crippen MR) is 127 cm³/mol. The van der Waals surface area contributed by atoms with Crippen molar-refractivity contribution < 1.29 is 22.7 Å². The molecule has 0 atom stereocenters. The summed E-state index contributed by atoms with van der Waals surface area (Å²) in [5.41, 5.74) is 1.33. The summed E-state index contributed by atoms with van der Waals surface area (Å²) in [6.45, 7) is 2.88. The number of piperidine rings is 1. The zero-order valence-corrected chi connectivity index (χ0v) is 19.6. The number of sulfonamides is 1. The van der Waals surface area contributed by atoms with Crippen molar-refractivity contribution in [3.05, 3.63) is 72.1 Å². The maximum atomic E-state index is 13.2. The van der Waals surface area contributed by atoms with E-state index in [0.717, 1.165) is 19.3 Å². The first-order valence-electron chi connectivity index (χ1n) is 11.1. The van der Waals surface area contributed by atoms with Crippen molar-refractivity contribution >= 4 is 27.6 Å². The van der Waals surface area contributed by atoms with Crippen LogP contribution in [0.1, 0.15) is 47.0 Å². The molecule has 4 rings (SSSR count). The molecule has 34 heavy (non-hydrogen) atoms. The summed E-state index contributed by atoms with van der Waals surface area (Å²) in [4.78, 5) is 25.0. The number of hydrogen-bond acceptors (Lipinski definition) is 6. The SMILES string of the molecule is CCOC(=O)c1ccn(-c2cccc(NC(=O)c3ccccc3S(=O)(=O)N3CCCCC3)c2)n1. The average Bonchev–Trinajstić information content (AvgIpc) is 3.36. The molecule has 1 aromatic heterocycles. The van der Waals surface area contributed by atoms with E-state index in [-0.39, 0.29) is 22.8 Å². The molecule has 1 aliphatic heterocycles. The Balaban J connectivity index is 1.56. The van der Waals surface area contributed by atoms with E-state index >= 15 is 0 Å². The van der Waals surface area contributed by atoms with Gasteiger partial charge in [0.2, 0.25) is 10.0 Å². The van der Waals surface area contributed by atoms with Gasteiger partial charge in [-0.2, -0.15) is 9.40 Å². The minimum absolute atomic E-state index is 0.00305. The van der Waals surface area contributed by atoms with Gasteiger partial charge in [0.25, 0.3) is 5.91 Å². The molecule has 0 bridgehead atoms. The summed E-state index contributed by atoms with van der Waals surface area (Å²) in [5.74, 6) is -1.04. The van der Waals surface area contributed by atoms with E-state index in [2.05, 4.69) is 10.4 Å². The first-order chi connectivity index (χ1) is 16.4. The van der Waals surface area contributed by atoms with Crippen molar-refractivity contribution in [2.45, 2.75) is 31.1 Å². The first-order valence-corrected chi connectivity index (χ1v) is 12.6. The fourth-order valence-corrected chi connectivity index (χ4v) is 5.54. The van der Waals surface area contributed by atoms with Crippen molar-refractivity contribution in [2.75, 3.05) is 25.0 Å². The Morgan fingerprint density at radius 2 is 1.79 bits per heavy atom. The van der Waals surface area contributed by atoms with Gasteiger partial charge in [0, 0.05) is 25.0 Å². The van der Waals surface area contributed by atoms with Gasteiger partial charge in [0.05, 0.1) is 22.8 Å². The van der Waals surface area contributed by atoms with Crippen molar-refractivity contribution in [3.8, 4) is 5.69 Å². The smallest absolute Gasteiger partial charge is 0.358 e. The van der Waals surface area contributed by atoms with E-state index in [1.54, 1.807) is 55.6 Å². The fourth-order valence-electron chi connectivity index (χ4n) is 3.83. The number of anilines is 1. The van der Waals surface area contributed by atoms with Gasteiger partial charge in [-0.15, -0.1) is 0 Å². The standard InChI is InChI=1S/C24H26N4O5S/c1-2-33-24(30)21-13-16-28(26-21)19-10-8-9-18(17-19)25-23(29)20-11-4-5-12-22(20)34(31,32)27-14-6-3-7-15-27/h4-5,8-13,16-17H,2-3,6-7,14-15H2,1H3,(H,25,29). The summed E-state index contributed by atoms with van der Waals surface area (Å²) >= 11 is 0. The number of carbonyl (C=O) groups is 2. The second kappa shape index (κ2) is 10.2. The number of aromatic nitrogens is 2. The molecule has 0 unspecified atom stereocenters. The van der Waals surface area contributed by atoms with Crippen LogP contribution >= 0.6 is 0 Å². The Bertz CT molecular complexity index is 1300. The van der Waals surface area contributed by atoms with Crippen molar-refractivity contribution in [2.24, 2.45) is 0 Å². The largest absolute Gasteiger partial charge is 0.461 e. The van der Waals surface area contributed by atoms with Crippen molar-refractivity contribution in [3.63, 3.8) is 0 Å². The second-order valence-corrected chi connectivity index (χ2v) is 9.74. The van der Waals surface area contributed by atoms with Crippen LogP contribution < -0.4 is 5.32 Å². The number of benzene rings is 2. The Kier molecular flexibility index (Phi) is 7.09. The average molecular weight is 483 g/mol. The van der Waals surface area contributed by atoms with Crippen LogP contribution in [0.4, 0.5) is 5.69 Å². The predicted octanol–water partition coefficient (Wildman–Crippen LogP) is 3.48. The van der Waals surface area contributed by atoms with E-state index in [0.29, 0.717) is 24.5 Å². The number of nitrogens with one attached hydrogen (secondary N) is 1. The third-order valence-corrected chi connectivity index (χ3v) is 7.46. The third-order valence-electron chi connectivity index (χ3n) is 5.51. The topological polar surface area (TPSA) is 111 Å². The van der Waals surface area contributed by atoms with Crippen LogP contribution in [-0.4, -0.2) is 54.1 Å². The van der Waals surface area contributed by atoms with Gasteiger partial charge < -0.3 is 10.1 Å². The van der Waals surface area contributed by atoms with Gasteiger partial charge in [0.15, 0.2) is 5.69 Å². The third kappa shape index (κ3) is 5.02. The number of rotatable bonds is 7. The molecule has 1 aliphatic rings. The number of nitrogens with zero attached hydrogens (tertiary/aromatic N) is 3. The summed E-state index contributed by atoms with van der Waals surface area (Å²) in [6.07, 6.45) is 4.24. The van der Waals surface area contributed by atoms with Gasteiger partial charge in [-0.1, -0.05) is 24.6 Å². The van der Waals surface area contributed by atoms with Crippen molar-refractivity contribution in [1.82, 2.24) is 14.1 Å². The van der Waals surface area contributed by atoms with Crippen LogP contribution in [0.15, 0.2) is 65.7 Å². The Morgan fingerprint density at radius 1 is 1.03 bits per heavy atom. The number of ether oxygens (including phenoxy) is 1. The molecule has 0 spiro atoms. The van der Waals surface area contributed by atoms with Crippen LogP contribution in [0.2, 0.25) is 0 Å². The molecule has 178 valence electrons. The Hall–Kier alpha value is -3.50. The lowest BCUT2D eigenvalue weighted by Gasteiger charge is -2.26. The van der Waals surface area contributed by atoms with Gasteiger partial charge >= 0.3 is 5.97 Å². The molecule has 1 saturated heterocycles. The molecule has 9 nitrogen and oxygen atoms in total. The maximum Gasteiger partial charge on any atom is 0.358 e. The molecular weight excluding hydrogens is 456 g/mol. The highest BCUT2D eigenvalue weighted by molar-refractivity contribution is 7.89. The van der Waals surface area contributed by atoms with Gasteiger partial charge in [-0.25, -0.2) is 17.9 Å². The normalized spacial score (nSPS) is 14.5. The van der Waals surface area contributed by atoms with Crippen molar-refractivity contribution in [1.29, 1.82) is 0 Å². The van der Waals surface area contributed by atoms with Crippen LogP contribution in [0.3, 0.4) is 0 Å². The van der Waals surface area contributed by atoms with Crippen LogP contribution in [-0.2, 0) is 14.8 Å². The quantitative estimate of drug-likeness (QED) is 0.516. The summed E-state index contributed by atoms with van der Waals surface area (Å²) in [6, 6.07) is 14.7. The van der Waals surface area contributed by atoms with E-state index < -0.39 is 21.9 Å². The molecule has 1 N–H and O–H groups in total. The maximum absolute atomic E-state index is 13.2. The highest BCUT2D eigenvalue weighted by Gasteiger charge is 2.29. The monoisotopic (exact) mass is 482 g/mol. The minimum atomic E-state index is -3.78. The molecule has 1 fully saturated rings. The molecule has 1 amide bonds. The van der Waals surface area contributed by atoms with E-state index in [1.165, 1.54) is 21.1 Å². The molecule has 0 aliphatic carbocycles. The molecular formula is C24H26N4O5S. The fraction of sp³-hybridized carbons (Fsp3) is 0.292. The zero-order valence-electron chi connectivity index (χ0n) is 18.8. The molecule has 0 radical (unpaired) electrons. The van der Waals surface area contributed by atoms with Gasteiger partial charge in [-0.05, 0) is 56.2 Å². The van der Waals surface area contributed by atoms with Crippen LogP contribution in [0.5, 0.6) is 0 Å². The molecule has 2 heterocycles. The Labute approximate surface area is 198 Å². The summed E-state index contributed by atoms with van der Waals surface area (Å²) in [7, 11) is -3.78. The lowest BCUT2D eigenvalue weighted by Crippen LogP contribution is -2.36. The minimum Gasteiger partial charge on any atom is -0.461 e. The molecule has 3 aromatic rings. The van der Waals surface area contributed by atoms with Crippen LogP contribution in [0.25, 0.3) is 5.69 Å². The number of esters is 1. The lowest BCUT2D eigenvalue weighted by molar-refractivity contribution is 0.0519. The second-order valence-electron chi connectivity index (χ2n) is 7.83. The lowest BCUT2D eigenvalue weighted by atomic mass is 10.2.